The summed E-state index contributed by atoms with van der Waals surface area (Å²) in [6.07, 6.45) is 8.38. The fraction of sp³-hybridized carbons (Fsp3) is 0. The minimum Gasteiger partial charge on any atom is -0.316 e. The van der Waals surface area contributed by atoms with Gasteiger partial charge in [-0.1, -0.05) is 104 Å². The first-order chi connectivity index (χ1) is 18.8. The molecule has 2 heteroatoms. The average molecular weight is 487 g/mol. The van der Waals surface area contributed by atoms with Crippen LogP contribution in [0, 0.1) is 0 Å². The number of nitrogens with zero attached hydrogens (tertiary/aromatic N) is 2. The van der Waals surface area contributed by atoms with Gasteiger partial charge in [0.2, 0.25) is 0 Å². The second-order valence-corrected chi connectivity index (χ2v) is 9.55. The van der Waals surface area contributed by atoms with Crippen LogP contribution in [0.1, 0.15) is 5.56 Å². The number of fused-ring (bicyclic) bond motifs is 5. The lowest BCUT2D eigenvalue weighted by Crippen LogP contribution is -2.11. The van der Waals surface area contributed by atoms with E-state index in [1.807, 2.05) is 0 Å². The molecule has 180 valence electrons. The van der Waals surface area contributed by atoms with E-state index in [4.69, 9.17) is 0 Å². The van der Waals surface area contributed by atoms with Crippen molar-refractivity contribution < 1.29 is 0 Å². The fourth-order valence-electron chi connectivity index (χ4n) is 5.54. The van der Waals surface area contributed by atoms with E-state index in [1.54, 1.807) is 0 Å². The van der Waals surface area contributed by atoms with Crippen LogP contribution in [-0.4, -0.2) is 4.57 Å². The molecule has 0 N–H and O–H groups in total. The Morgan fingerprint density at radius 2 is 1.21 bits per heavy atom. The van der Waals surface area contributed by atoms with E-state index in [-0.39, 0.29) is 0 Å². The zero-order chi connectivity index (χ0) is 25.5. The maximum absolute atomic E-state index is 4.42. The van der Waals surface area contributed by atoms with Gasteiger partial charge in [0.25, 0.3) is 0 Å². The summed E-state index contributed by atoms with van der Waals surface area (Å²) >= 11 is 0. The van der Waals surface area contributed by atoms with Gasteiger partial charge in [-0.15, -0.1) is 0 Å². The quantitative estimate of drug-likeness (QED) is 0.242. The molecule has 2 nitrogen and oxygen atoms in total. The molecule has 0 saturated carbocycles. The molecule has 0 saturated heterocycles. The monoisotopic (exact) mass is 486 g/mol. The van der Waals surface area contributed by atoms with E-state index < -0.39 is 0 Å². The molecule has 38 heavy (non-hydrogen) atoms. The molecule has 6 aromatic rings. The van der Waals surface area contributed by atoms with E-state index in [9.17, 15) is 0 Å². The van der Waals surface area contributed by atoms with Crippen LogP contribution in [0.4, 0.5) is 11.4 Å². The number of hydrogen-bond donors (Lipinski definition) is 0. The van der Waals surface area contributed by atoms with E-state index in [2.05, 4.69) is 162 Å². The molecule has 1 aliphatic heterocycles. The molecule has 1 aromatic heterocycles. The highest BCUT2D eigenvalue weighted by atomic mass is 15.1. The van der Waals surface area contributed by atoms with Crippen LogP contribution in [0.2, 0.25) is 0 Å². The Hall–Kier alpha value is -5.08. The van der Waals surface area contributed by atoms with Crippen LogP contribution in [0.3, 0.4) is 0 Å². The second kappa shape index (κ2) is 9.10. The SMILES string of the molecule is C=C1/C=C\C=C/N(c2ccccc2)c2c1ccc1c2c2ccccc2n1-c1ccc(-c2ccccc2)cc1. The largest absolute Gasteiger partial charge is 0.316 e. The van der Waals surface area contributed by atoms with Crippen molar-refractivity contribution in [2.45, 2.75) is 0 Å². The van der Waals surface area contributed by atoms with Gasteiger partial charge in [-0.05, 0) is 59.2 Å². The highest BCUT2D eigenvalue weighted by Gasteiger charge is 2.22. The third kappa shape index (κ3) is 3.58. The van der Waals surface area contributed by atoms with E-state index in [0.29, 0.717) is 0 Å². The van der Waals surface area contributed by atoms with Gasteiger partial charge in [0.15, 0.2) is 0 Å². The third-order valence-corrected chi connectivity index (χ3v) is 7.31. The van der Waals surface area contributed by atoms with Crippen molar-refractivity contribution in [3.63, 3.8) is 0 Å². The van der Waals surface area contributed by atoms with Gasteiger partial charge in [0, 0.05) is 33.9 Å². The number of aromatic nitrogens is 1. The van der Waals surface area contributed by atoms with E-state index >= 15 is 0 Å². The van der Waals surface area contributed by atoms with Gasteiger partial charge in [-0.3, -0.25) is 0 Å². The van der Waals surface area contributed by atoms with Crippen molar-refractivity contribution in [1.29, 1.82) is 0 Å². The van der Waals surface area contributed by atoms with Gasteiger partial charge < -0.3 is 9.47 Å². The Balaban J connectivity index is 1.52. The van der Waals surface area contributed by atoms with E-state index in [1.165, 1.54) is 32.9 Å². The van der Waals surface area contributed by atoms with Crippen molar-refractivity contribution >= 4 is 38.8 Å². The molecular weight excluding hydrogens is 460 g/mol. The standard InChI is InChI=1S/C36H26N2/c1-26-12-10-11-25-37(29-15-6-3-7-16-29)36-31(26)23-24-34-35(36)32-17-8-9-18-33(32)38(34)30-21-19-28(20-22-30)27-13-4-2-5-14-27/h2-25H,1H2/b12-10-,25-11-. The molecule has 0 spiro atoms. The van der Waals surface area contributed by atoms with Crippen LogP contribution in [-0.2, 0) is 0 Å². The number of rotatable bonds is 3. The van der Waals surface area contributed by atoms with Crippen LogP contribution in [0.25, 0.3) is 44.2 Å². The Labute approximate surface area is 222 Å². The zero-order valence-electron chi connectivity index (χ0n) is 21.0. The lowest BCUT2D eigenvalue weighted by Gasteiger charge is -2.26. The highest BCUT2D eigenvalue weighted by Crippen LogP contribution is 2.45. The van der Waals surface area contributed by atoms with Crippen LogP contribution in [0.15, 0.2) is 152 Å². The summed E-state index contributed by atoms with van der Waals surface area (Å²) in [6, 6.07) is 43.1. The summed E-state index contributed by atoms with van der Waals surface area (Å²) < 4.78 is 2.38. The van der Waals surface area contributed by atoms with E-state index in [0.717, 1.165) is 28.2 Å². The molecule has 0 atom stereocenters. The smallest absolute Gasteiger partial charge is 0.0633 e. The summed E-state index contributed by atoms with van der Waals surface area (Å²) in [7, 11) is 0. The third-order valence-electron chi connectivity index (χ3n) is 7.31. The van der Waals surface area contributed by atoms with Crippen molar-refractivity contribution in [3.05, 3.63) is 158 Å². The molecule has 0 radical (unpaired) electrons. The average Bonchev–Trinajstić information content (AvgIpc) is 3.31. The predicted octanol–water partition coefficient (Wildman–Crippen LogP) is 9.69. The minimum absolute atomic E-state index is 0.997. The summed E-state index contributed by atoms with van der Waals surface area (Å²) in [5, 5.41) is 2.44. The maximum atomic E-state index is 4.42. The number of para-hydroxylation sites is 2. The van der Waals surface area contributed by atoms with Gasteiger partial charge in [0.05, 0.1) is 16.7 Å². The number of hydrogen-bond acceptors (Lipinski definition) is 1. The number of anilines is 2. The molecule has 1 aliphatic rings. The molecule has 5 aromatic carbocycles. The minimum atomic E-state index is 0.997. The first-order valence-corrected chi connectivity index (χ1v) is 12.9. The molecule has 0 unspecified atom stereocenters. The fourth-order valence-corrected chi connectivity index (χ4v) is 5.54. The first kappa shape index (κ1) is 22.1. The Morgan fingerprint density at radius 3 is 2.00 bits per heavy atom. The van der Waals surface area contributed by atoms with Crippen molar-refractivity contribution in [2.24, 2.45) is 0 Å². The Kier molecular flexibility index (Phi) is 5.30. The normalized spacial score (nSPS) is 14.7. The Morgan fingerprint density at radius 1 is 0.526 bits per heavy atom. The highest BCUT2D eigenvalue weighted by molar-refractivity contribution is 6.18. The molecule has 0 amide bonds. The van der Waals surface area contributed by atoms with Crippen molar-refractivity contribution in [3.8, 4) is 16.8 Å². The second-order valence-electron chi connectivity index (χ2n) is 9.55. The van der Waals surface area contributed by atoms with Crippen LogP contribution in [0.5, 0.6) is 0 Å². The summed E-state index contributed by atoms with van der Waals surface area (Å²) in [4.78, 5) is 2.29. The molecule has 7 rings (SSSR count). The maximum Gasteiger partial charge on any atom is 0.0633 e. The first-order valence-electron chi connectivity index (χ1n) is 12.9. The van der Waals surface area contributed by atoms with Gasteiger partial charge in [-0.2, -0.15) is 0 Å². The van der Waals surface area contributed by atoms with Gasteiger partial charge in [-0.25, -0.2) is 0 Å². The van der Waals surface area contributed by atoms with Gasteiger partial charge in [0.1, 0.15) is 0 Å². The molecule has 2 heterocycles. The predicted molar refractivity (Wildman–Crippen MR) is 162 cm³/mol. The summed E-state index contributed by atoms with van der Waals surface area (Å²) in [6.45, 7) is 4.42. The number of benzene rings is 5. The lowest BCUT2D eigenvalue weighted by atomic mass is 9.98. The molecule has 0 fully saturated rings. The Bertz CT molecular complexity index is 1850. The zero-order valence-corrected chi connectivity index (χ0v) is 21.0. The molecule has 0 bridgehead atoms. The van der Waals surface area contributed by atoms with Crippen LogP contribution >= 0.6 is 0 Å². The molecule has 0 aliphatic carbocycles. The topological polar surface area (TPSA) is 8.17 Å². The van der Waals surface area contributed by atoms with Crippen molar-refractivity contribution in [2.75, 3.05) is 4.90 Å². The number of allylic oxidation sites excluding steroid dienone is 4. The summed E-state index contributed by atoms with van der Waals surface area (Å²) in [5.74, 6) is 0. The van der Waals surface area contributed by atoms with Crippen molar-refractivity contribution in [1.82, 2.24) is 4.57 Å². The van der Waals surface area contributed by atoms with Gasteiger partial charge >= 0.3 is 0 Å². The molecular formula is C36H26N2. The van der Waals surface area contributed by atoms with Crippen LogP contribution < -0.4 is 4.90 Å². The lowest BCUT2D eigenvalue weighted by molar-refractivity contribution is 1.18. The summed E-state index contributed by atoms with van der Waals surface area (Å²) in [5.41, 5.74) is 10.3.